The molecule has 0 atom stereocenters. The van der Waals surface area contributed by atoms with Gasteiger partial charge in [0.25, 0.3) is 5.91 Å². The number of aromatic nitrogens is 1. The molecule has 0 spiro atoms. The summed E-state index contributed by atoms with van der Waals surface area (Å²) in [7, 11) is 0. The molecule has 1 aromatic heterocycles. The van der Waals surface area contributed by atoms with E-state index < -0.39 is 0 Å². The minimum atomic E-state index is -0.236. The van der Waals surface area contributed by atoms with Gasteiger partial charge in [-0.15, -0.1) is 0 Å². The zero-order valence-corrected chi connectivity index (χ0v) is 10.8. The first kappa shape index (κ1) is 13.9. The Hall–Kier alpha value is -1.13. The van der Waals surface area contributed by atoms with E-state index >= 15 is 0 Å². The number of pyridine rings is 1. The normalized spacial score (nSPS) is 10.6. The molecule has 0 fully saturated rings. The maximum Gasteiger partial charge on any atom is 0.270 e. The Labute approximate surface area is 106 Å². The molecule has 1 rings (SSSR count). The number of nitrogens with zero attached hydrogens (tertiary/aromatic N) is 1. The van der Waals surface area contributed by atoms with Gasteiger partial charge in [0.05, 0.1) is 6.61 Å². The molecule has 5 heteroatoms. The number of carbonyl (C=O) groups excluding carboxylic acids is 1. The third-order valence-corrected chi connectivity index (χ3v) is 2.17. The Kier molecular flexibility index (Phi) is 5.94. The molecule has 0 aliphatic carbocycles. The van der Waals surface area contributed by atoms with E-state index in [2.05, 4.69) is 24.1 Å². The number of halogens is 1. The summed E-state index contributed by atoms with van der Waals surface area (Å²) in [6.07, 6.45) is 1.51. The van der Waals surface area contributed by atoms with Crippen LogP contribution in [-0.2, 0) is 4.74 Å². The Bertz CT molecular complexity index is 369. The van der Waals surface area contributed by atoms with Crippen molar-refractivity contribution in [3.8, 4) is 0 Å². The van der Waals surface area contributed by atoms with Gasteiger partial charge in [0.15, 0.2) is 0 Å². The van der Waals surface area contributed by atoms with Crippen molar-refractivity contribution in [2.45, 2.75) is 13.8 Å². The van der Waals surface area contributed by atoms with Crippen LogP contribution in [0.4, 0.5) is 0 Å². The molecule has 1 aromatic rings. The lowest BCUT2D eigenvalue weighted by Gasteiger charge is -2.07. The van der Waals surface area contributed by atoms with Crippen molar-refractivity contribution in [2.24, 2.45) is 5.92 Å². The summed E-state index contributed by atoms with van der Waals surface area (Å²) in [6.45, 7) is 5.83. The minimum Gasteiger partial charge on any atom is -0.379 e. The maximum absolute atomic E-state index is 11.6. The summed E-state index contributed by atoms with van der Waals surface area (Å²) in [5.41, 5.74) is 0.321. The molecule has 17 heavy (non-hydrogen) atoms. The zero-order valence-electron chi connectivity index (χ0n) is 10.1. The third-order valence-electron chi connectivity index (χ3n) is 1.94. The van der Waals surface area contributed by atoms with Crippen LogP contribution in [0, 0.1) is 5.92 Å². The Morgan fingerprint density at radius 1 is 1.59 bits per heavy atom. The van der Waals surface area contributed by atoms with Crippen molar-refractivity contribution in [1.82, 2.24) is 10.3 Å². The topological polar surface area (TPSA) is 51.2 Å². The molecule has 0 bridgehead atoms. The van der Waals surface area contributed by atoms with Crippen LogP contribution < -0.4 is 5.32 Å². The van der Waals surface area contributed by atoms with Crippen molar-refractivity contribution in [2.75, 3.05) is 19.8 Å². The molecule has 1 amide bonds. The Balaban J connectivity index is 2.26. The fourth-order valence-corrected chi connectivity index (χ4v) is 1.33. The molecular formula is C12H17ClN2O2. The van der Waals surface area contributed by atoms with Gasteiger partial charge in [-0.3, -0.25) is 9.78 Å². The van der Waals surface area contributed by atoms with E-state index in [1.54, 1.807) is 6.07 Å². The highest BCUT2D eigenvalue weighted by atomic mass is 35.5. The lowest BCUT2D eigenvalue weighted by molar-refractivity contribution is 0.0882. The molecule has 0 radical (unpaired) electrons. The molecule has 0 aliphatic heterocycles. The highest BCUT2D eigenvalue weighted by molar-refractivity contribution is 6.30. The second-order valence-corrected chi connectivity index (χ2v) is 4.52. The largest absolute Gasteiger partial charge is 0.379 e. The average Bonchev–Trinajstić information content (AvgIpc) is 2.28. The molecule has 0 saturated heterocycles. The predicted molar refractivity (Wildman–Crippen MR) is 67.2 cm³/mol. The molecule has 0 aromatic carbocycles. The van der Waals surface area contributed by atoms with Crippen LogP contribution in [0.25, 0.3) is 0 Å². The van der Waals surface area contributed by atoms with Crippen LogP contribution in [-0.4, -0.2) is 30.6 Å². The zero-order chi connectivity index (χ0) is 12.7. The monoisotopic (exact) mass is 256 g/mol. The number of carbonyl (C=O) groups is 1. The second-order valence-electron chi connectivity index (χ2n) is 4.08. The van der Waals surface area contributed by atoms with Crippen molar-refractivity contribution in [1.29, 1.82) is 0 Å². The van der Waals surface area contributed by atoms with Crippen LogP contribution in [0.1, 0.15) is 24.3 Å². The van der Waals surface area contributed by atoms with Gasteiger partial charge < -0.3 is 10.1 Å². The number of hydrogen-bond donors (Lipinski definition) is 1. The number of nitrogens with one attached hydrogen (secondary N) is 1. The van der Waals surface area contributed by atoms with Crippen molar-refractivity contribution < 1.29 is 9.53 Å². The lowest BCUT2D eigenvalue weighted by atomic mass is 10.2. The van der Waals surface area contributed by atoms with Crippen LogP contribution in [0.2, 0.25) is 5.02 Å². The highest BCUT2D eigenvalue weighted by Gasteiger charge is 2.06. The fraction of sp³-hybridized carbons (Fsp3) is 0.500. The van der Waals surface area contributed by atoms with Crippen molar-refractivity contribution in [3.05, 3.63) is 29.0 Å². The van der Waals surface area contributed by atoms with Crippen LogP contribution in [0.5, 0.6) is 0 Å². The van der Waals surface area contributed by atoms with E-state index in [4.69, 9.17) is 16.3 Å². The summed E-state index contributed by atoms with van der Waals surface area (Å²) in [5, 5.41) is 3.22. The minimum absolute atomic E-state index is 0.236. The Morgan fingerprint density at radius 2 is 2.35 bits per heavy atom. The first-order valence-electron chi connectivity index (χ1n) is 5.57. The first-order valence-corrected chi connectivity index (χ1v) is 5.95. The number of rotatable bonds is 6. The van der Waals surface area contributed by atoms with E-state index in [0.717, 1.165) is 0 Å². The number of ether oxygens (including phenoxy) is 1. The van der Waals surface area contributed by atoms with Gasteiger partial charge in [0.1, 0.15) is 5.69 Å². The maximum atomic E-state index is 11.6. The van der Waals surface area contributed by atoms with Gasteiger partial charge in [-0.05, 0) is 18.1 Å². The van der Waals surface area contributed by atoms with Gasteiger partial charge >= 0.3 is 0 Å². The van der Waals surface area contributed by atoms with Gasteiger partial charge in [0, 0.05) is 24.4 Å². The number of amides is 1. The van der Waals surface area contributed by atoms with E-state index in [-0.39, 0.29) is 5.91 Å². The van der Waals surface area contributed by atoms with E-state index in [1.807, 2.05) is 0 Å². The van der Waals surface area contributed by atoms with Crippen molar-refractivity contribution >= 4 is 17.5 Å². The van der Waals surface area contributed by atoms with Crippen LogP contribution in [0.15, 0.2) is 18.3 Å². The summed E-state index contributed by atoms with van der Waals surface area (Å²) in [6, 6.07) is 3.16. The van der Waals surface area contributed by atoms with Gasteiger partial charge in [-0.25, -0.2) is 0 Å². The fourth-order valence-electron chi connectivity index (χ4n) is 1.18. The average molecular weight is 257 g/mol. The molecule has 94 valence electrons. The van der Waals surface area contributed by atoms with Gasteiger partial charge in [-0.1, -0.05) is 25.4 Å². The second kappa shape index (κ2) is 7.25. The molecule has 0 unspecified atom stereocenters. The number of hydrogen-bond acceptors (Lipinski definition) is 3. The SMILES string of the molecule is CC(C)COCCNC(=O)c1cc(Cl)ccn1. The summed E-state index contributed by atoms with van der Waals surface area (Å²) >= 11 is 5.76. The quantitative estimate of drug-likeness (QED) is 0.794. The first-order chi connectivity index (χ1) is 8.09. The van der Waals surface area contributed by atoms with E-state index in [9.17, 15) is 4.79 Å². The molecule has 0 aliphatic rings. The van der Waals surface area contributed by atoms with Crippen LogP contribution >= 0.6 is 11.6 Å². The molecule has 1 heterocycles. The summed E-state index contributed by atoms with van der Waals surface area (Å²) in [5.74, 6) is 0.265. The van der Waals surface area contributed by atoms with E-state index in [0.29, 0.717) is 36.4 Å². The summed E-state index contributed by atoms with van der Waals surface area (Å²) < 4.78 is 5.34. The predicted octanol–water partition coefficient (Wildman–Crippen LogP) is 2.14. The van der Waals surface area contributed by atoms with Crippen LogP contribution in [0.3, 0.4) is 0 Å². The molecule has 1 N–H and O–H groups in total. The van der Waals surface area contributed by atoms with E-state index in [1.165, 1.54) is 12.3 Å². The Morgan fingerprint density at radius 3 is 3.00 bits per heavy atom. The molecule has 4 nitrogen and oxygen atoms in total. The highest BCUT2D eigenvalue weighted by Crippen LogP contribution is 2.07. The van der Waals surface area contributed by atoms with Gasteiger partial charge in [0.2, 0.25) is 0 Å². The van der Waals surface area contributed by atoms with Gasteiger partial charge in [-0.2, -0.15) is 0 Å². The smallest absolute Gasteiger partial charge is 0.270 e. The third kappa shape index (κ3) is 5.65. The molecular weight excluding hydrogens is 240 g/mol. The summed E-state index contributed by atoms with van der Waals surface area (Å²) in [4.78, 5) is 15.5. The standard InChI is InChI=1S/C12H17ClN2O2/c1-9(2)8-17-6-5-15-12(16)11-7-10(13)3-4-14-11/h3-4,7,9H,5-6,8H2,1-2H3,(H,15,16). The lowest BCUT2D eigenvalue weighted by Crippen LogP contribution is -2.28. The van der Waals surface area contributed by atoms with Crippen molar-refractivity contribution in [3.63, 3.8) is 0 Å². The molecule has 0 saturated carbocycles.